The maximum absolute atomic E-state index is 13.0. The Kier molecular flexibility index (Phi) is 12.2. The van der Waals surface area contributed by atoms with Gasteiger partial charge in [-0.1, -0.05) is 68.1 Å². The molecular formula is C42H44N4O10S. The summed E-state index contributed by atoms with van der Waals surface area (Å²) in [6.45, 7) is 6.49. The first kappa shape index (κ1) is 41.1. The lowest BCUT2D eigenvalue weighted by molar-refractivity contribution is -0.172. The molecule has 5 aromatic rings. The molecule has 298 valence electrons. The van der Waals surface area contributed by atoms with Gasteiger partial charge in [-0.05, 0) is 68.9 Å². The number of aromatic nitrogens is 2. The lowest BCUT2D eigenvalue weighted by Gasteiger charge is -2.35. The van der Waals surface area contributed by atoms with Crippen LogP contribution in [-0.4, -0.2) is 97.3 Å². The van der Waals surface area contributed by atoms with Crippen LogP contribution in [0.3, 0.4) is 0 Å². The number of nitrogens with zero attached hydrogens (tertiary/aromatic N) is 4. The Morgan fingerprint density at radius 3 is 2.07 bits per heavy atom. The summed E-state index contributed by atoms with van der Waals surface area (Å²) < 4.78 is 6.72. The van der Waals surface area contributed by atoms with Crippen molar-refractivity contribution < 1.29 is 44.7 Å². The van der Waals surface area contributed by atoms with Gasteiger partial charge in [-0.3, -0.25) is 4.79 Å². The van der Waals surface area contributed by atoms with Crippen molar-refractivity contribution in [3.63, 3.8) is 0 Å². The van der Waals surface area contributed by atoms with E-state index in [-0.39, 0.29) is 18.6 Å². The molecule has 57 heavy (non-hydrogen) atoms. The highest BCUT2D eigenvalue weighted by Crippen LogP contribution is 2.48. The Balaban J connectivity index is 0.000000159. The zero-order valence-corrected chi connectivity index (χ0v) is 32.6. The van der Waals surface area contributed by atoms with Crippen molar-refractivity contribution in [2.45, 2.75) is 61.0 Å². The number of anilines is 2. The van der Waals surface area contributed by atoms with E-state index in [0.717, 1.165) is 35.2 Å². The van der Waals surface area contributed by atoms with Crippen LogP contribution in [-0.2, 0) is 37.9 Å². The van der Waals surface area contributed by atoms with Gasteiger partial charge in [0, 0.05) is 39.4 Å². The van der Waals surface area contributed by atoms with Crippen molar-refractivity contribution >= 4 is 51.9 Å². The number of benzene rings is 3. The molecule has 0 saturated carbocycles. The number of hydrogen-bond donors (Lipinski definition) is 5. The first-order chi connectivity index (χ1) is 27.1. The number of carbonyl (C=O) groups excluding carboxylic acids is 1. The van der Waals surface area contributed by atoms with Crippen LogP contribution in [0.15, 0.2) is 99.5 Å². The Morgan fingerprint density at radius 1 is 0.912 bits per heavy atom. The lowest BCUT2D eigenvalue weighted by Crippen LogP contribution is -2.44. The number of para-hydroxylation sites is 3. The molecule has 15 heteroatoms. The van der Waals surface area contributed by atoms with Gasteiger partial charge < -0.3 is 44.6 Å². The normalized spacial score (nSPS) is 17.5. The zero-order chi connectivity index (χ0) is 41.2. The molecule has 2 aromatic heterocycles. The highest BCUT2D eigenvalue weighted by atomic mass is 32.2. The third-order valence-corrected chi connectivity index (χ3v) is 11.1. The second kappa shape index (κ2) is 16.9. The average Bonchev–Trinajstić information content (AvgIpc) is 3.55. The minimum absolute atomic E-state index is 0.110. The maximum Gasteiger partial charge on any atom is 0.343 e. The SMILES string of the molecule is CC(CN(C)C)CN1c2ccccc2Sc2ccccc21.CCC1(O)C(=O)OCc2c1cc1n(c2=O)Cc2cc3ccccc3nc2-1.O=C(O)C(O)C(O)C(=O)O. The van der Waals surface area contributed by atoms with Crippen molar-refractivity contribution in [3.8, 4) is 11.4 Å². The molecule has 3 aliphatic heterocycles. The molecule has 3 aliphatic rings. The summed E-state index contributed by atoms with van der Waals surface area (Å²) in [5.41, 5.74) is 4.49. The molecule has 3 aromatic carbocycles. The summed E-state index contributed by atoms with van der Waals surface area (Å²) in [7, 11) is 4.29. The molecule has 0 radical (unpaired) electrons. The van der Waals surface area contributed by atoms with E-state index >= 15 is 0 Å². The lowest BCUT2D eigenvalue weighted by atomic mass is 9.86. The number of esters is 1. The summed E-state index contributed by atoms with van der Waals surface area (Å²) in [4.78, 5) is 56.9. The largest absolute Gasteiger partial charge is 0.479 e. The van der Waals surface area contributed by atoms with Crippen molar-refractivity contribution in [1.82, 2.24) is 14.5 Å². The van der Waals surface area contributed by atoms with Gasteiger partial charge in [0.15, 0.2) is 17.8 Å². The van der Waals surface area contributed by atoms with Gasteiger partial charge in [0.2, 0.25) is 0 Å². The topological polar surface area (TPSA) is 203 Å². The summed E-state index contributed by atoms with van der Waals surface area (Å²) >= 11 is 1.88. The summed E-state index contributed by atoms with van der Waals surface area (Å²) in [6.07, 6.45) is -4.39. The number of carboxylic acids is 2. The Hall–Kier alpha value is -5.58. The average molecular weight is 797 g/mol. The molecule has 5 N–H and O–H groups in total. The Bertz CT molecular complexity index is 2340. The summed E-state index contributed by atoms with van der Waals surface area (Å²) in [6, 6.07) is 29.0. The number of carboxylic acid groups (broad SMARTS) is 2. The maximum atomic E-state index is 13.0. The number of pyridine rings is 2. The monoisotopic (exact) mass is 796 g/mol. The van der Waals surface area contributed by atoms with Crippen molar-refractivity contribution in [1.29, 1.82) is 0 Å². The number of ether oxygens (including phenoxy) is 1. The summed E-state index contributed by atoms with van der Waals surface area (Å²) in [5, 5.41) is 44.4. The predicted molar refractivity (Wildman–Crippen MR) is 214 cm³/mol. The summed E-state index contributed by atoms with van der Waals surface area (Å²) in [5.74, 6) is -3.63. The fourth-order valence-electron chi connectivity index (χ4n) is 7.17. The van der Waals surface area contributed by atoms with E-state index in [9.17, 15) is 24.3 Å². The van der Waals surface area contributed by atoms with Gasteiger partial charge in [0.25, 0.3) is 5.56 Å². The van der Waals surface area contributed by atoms with Crippen LogP contribution < -0.4 is 10.5 Å². The first-order valence-electron chi connectivity index (χ1n) is 18.3. The van der Waals surface area contributed by atoms with Gasteiger partial charge in [0.1, 0.15) is 6.61 Å². The van der Waals surface area contributed by atoms with E-state index in [4.69, 9.17) is 30.1 Å². The van der Waals surface area contributed by atoms with Crippen LogP contribution in [0.1, 0.15) is 37.0 Å². The van der Waals surface area contributed by atoms with Crippen molar-refractivity contribution in [3.05, 3.63) is 112 Å². The molecule has 0 bridgehead atoms. The highest BCUT2D eigenvalue weighted by Gasteiger charge is 2.45. The molecule has 0 saturated heterocycles. The Morgan fingerprint density at radius 2 is 1.49 bits per heavy atom. The van der Waals surface area contributed by atoms with Crippen LogP contribution in [0.5, 0.6) is 0 Å². The number of aliphatic hydroxyl groups is 3. The number of aliphatic hydroxyl groups excluding tert-OH is 2. The van der Waals surface area contributed by atoms with Gasteiger partial charge >= 0.3 is 17.9 Å². The van der Waals surface area contributed by atoms with E-state index in [1.165, 1.54) is 21.2 Å². The second-order valence-corrected chi connectivity index (χ2v) is 15.5. The highest BCUT2D eigenvalue weighted by molar-refractivity contribution is 7.99. The number of carbonyl (C=O) groups is 3. The molecule has 4 unspecified atom stereocenters. The third-order valence-electron chi connectivity index (χ3n) is 9.92. The number of aliphatic carboxylic acids is 2. The van der Waals surface area contributed by atoms with Crippen LogP contribution in [0, 0.1) is 5.92 Å². The van der Waals surface area contributed by atoms with E-state index in [0.29, 0.717) is 29.3 Å². The standard InChI is InChI=1S/C20H16N2O4.C18H22N2S.C4H6O6/c1-2-20(25)14-8-16-17-12(7-11-5-3-4-6-15(11)21-17)9-22(16)18(23)13(14)10-26-19(20)24;1-14(12-19(2)3)13-20-15-8-4-6-10-17(15)21-18-11-7-5-9-16(18)20;5-1(3(7)8)2(6)4(9)10/h3-8,25H,2,9-10H2,1H3;4-11,14H,12-13H2,1-3H3;1-2,5-6H,(H,7,8)(H,9,10). The fraction of sp³-hybridized carbons (Fsp3) is 0.310. The van der Waals surface area contributed by atoms with Crippen LogP contribution in [0.25, 0.3) is 22.3 Å². The molecular weight excluding hydrogens is 753 g/mol. The van der Waals surface area contributed by atoms with Gasteiger partial charge in [-0.15, -0.1) is 0 Å². The zero-order valence-electron chi connectivity index (χ0n) is 31.8. The third kappa shape index (κ3) is 8.29. The fourth-order valence-corrected chi connectivity index (χ4v) is 8.26. The number of hydrogen-bond acceptors (Lipinski definition) is 12. The van der Waals surface area contributed by atoms with Crippen molar-refractivity contribution in [2.24, 2.45) is 5.92 Å². The molecule has 8 rings (SSSR count). The van der Waals surface area contributed by atoms with Gasteiger partial charge in [-0.25, -0.2) is 19.4 Å². The second-order valence-electron chi connectivity index (χ2n) is 14.4. The molecule has 4 atom stereocenters. The van der Waals surface area contributed by atoms with E-state index in [1.807, 2.05) is 42.1 Å². The minimum Gasteiger partial charge on any atom is -0.479 e. The molecule has 0 aliphatic carbocycles. The smallest absolute Gasteiger partial charge is 0.343 e. The minimum atomic E-state index is -2.27. The molecule has 5 heterocycles. The van der Waals surface area contributed by atoms with Gasteiger partial charge in [0.05, 0.1) is 40.4 Å². The number of cyclic esters (lactones) is 1. The van der Waals surface area contributed by atoms with E-state index < -0.39 is 35.7 Å². The number of rotatable bonds is 8. The van der Waals surface area contributed by atoms with E-state index in [2.05, 4.69) is 79.3 Å². The van der Waals surface area contributed by atoms with Crippen LogP contribution >= 0.6 is 11.8 Å². The van der Waals surface area contributed by atoms with E-state index in [1.54, 1.807) is 17.6 Å². The molecule has 0 amide bonds. The van der Waals surface area contributed by atoms with Crippen LogP contribution in [0.4, 0.5) is 11.4 Å². The Labute approximate surface area is 332 Å². The van der Waals surface area contributed by atoms with Gasteiger partial charge in [-0.2, -0.15) is 0 Å². The molecule has 0 spiro atoms. The molecule has 14 nitrogen and oxygen atoms in total. The van der Waals surface area contributed by atoms with Crippen LogP contribution in [0.2, 0.25) is 0 Å². The predicted octanol–water partition coefficient (Wildman–Crippen LogP) is 4.44. The van der Waals surface area contributed by atoms with Crippen molar-refractivity contribution in [2.75, 3.05) is 32.1 Å². The quantitative estimate of drug-likeness (QED) is 0.135. The number of fused-ring (bicyclic) bond motifs is 7. The molecule has 0 fully saturated rings. The first-order valence-corrected chi connectivity index (χ1v) is 19.1.